The highest BCUT2D eigenvalue weighted by atomic mass is 35.5. The smallest absolute Gasteiger partial charge is 0.180 e. The van der Waals surface area contributed by atoms with Crippen molar-refractivity contribution >= 4 is 22.6 Å². The summed E-state index contributed by atoms with van der Waals surface area (Å²) in [6.07, 6.45) is 0.817. The third-order valence-electron chi connectivity index (χ3n) is 5.23. The van der Waals surface area contributed by atoms with Crippen LogP contribution in [0.3, 0.4) is 0 Å². The second-order valence-electron chi connectivity index (χ2n) is 7.45. The van der Waals surface area contributed by atoms with Gasteiger partial charge in [-0.3, -0.25) is 0 Å². The average molecular weight is 436 g/mol. The number of methoxy groups -OCH3 is 1. The van der Waals surface area contributed by atoms with Crippen molar-refractivity contribution in [2.24, 2.45) is 0 Å². The number of halogens is 1. The van der Waals surface area contributed by atoms with Gasteiger partial charge >= 0.3 is 0 Å². The minimum atomic E-state index is 0.442. The zero-order valence-electron chi connectivity index (χ0n) is 17.7. The normalized spacial score (nSPS) is 11.1. The van der Waals surface area contributed by atoms with Gasteiger partial charge in [0.2, 0.25) is 0 Å². The molecule has 160 valence electrons. The number of hydrogen-bond acceptors (Lipinski definition) is 4. The number of nitrogens with zero attached hydrogens (tertiary/aromatic N) is 1. The first-order valence-electron chi connectivity index (χ1n) is 10.3. The maximum Gasteiger partial charge on any atom is 0.180 e. The fourth-order valence-corrected chi connectivity index (χ4v) is 3.79. The third kappa shape index (κ3) is 5.19. The van der Waals surface area contributed by atoms with E-state index in [1.54, 1.807) is 7.11 Å². The quantitative estimate of drug-likeness (QED) is 0.343. The van der Waals surface area contributed by atoms with E-state index in [4.69, 9.17) is 21.1 Å². The highest BCUT2D eigenvalue weighted by molar-refractivity contribution is 6.32. The Morgan fingerprint density at radius 1 is 1.06 bits per heavy atom. The second kappa shape index (κ2) is 9.86. The van der Waals surface area contributed by atoms with Crippen molar-refractivity contribution in [2.75, 3.05) is 13.7 Å². The predicted octanol–water partition coefficient (Wildman–Crippen LogP) is 5.44. The maximum absolute atomic E-state index is 6.53. The van der Waals surface area contributed by atoms with E-state index in [9.17, 15) is 0 Å². The monoisotopic (exact) mass is 435 g/mol. The molecule has 4 rings (SSSR count). The molecule has 6 heteroatoms. The van der Waals surface area contributed by atoms with Gasteiger partial charge in [0.15, 0.2) is 11.5 Å². The van der Waals surface area contributed by atoms with Crippen LogP contribution >= 0.6 is 11.6 Å². The molecule has 2 N–H and O–H groups in total. The highest BCUT2D eigenvalue weighted by Gasteiger charge is 2.13. The molecule has 1 heterocycles. The number of hydrogen-bond donors (Lipinski definition) is 2. The summed E-state index contributed by atoms with van der Waals surface area (Å²) < 4.78 is 11.5. The summed E-state index contributed by atoms with van der Waals surface area (Å²) in [5, 5.41) is 3.99. The van der Waals surface area contributed by atoms with Crippen LogP contribution in [0, 0.1) is 6.92 Å². The number of aryl methyl sites for hydroxylation is 1. The van der Waals surface area contributed by atoms with Crippen molar-refractivity contribution in [3.8, 4) is 11.5 Å². The number of fused-ring (bicyclic) bond motifs is 1. The summed E-state index contributed by atoms with van der Waals surface area (Å²) >= 11 is 6.53. The first kappa shape index (κ1) is 21.2. The Morgan fingerprint density at radius 2 is 1.87 bits per heavy atom. The van der Waals surface area contributed by atoms with Crippen molar-refractivity contribution in [3.05, 3.63) is 88.2 Å². The summed E-state index contributed by atoms with van der Waals surface area (Å²) in [6.45, 7) is 3.98. The summed E-state index contributed by atoms with van der Waals surface area (Å²) in [7, 11) is 1.63. The molecule has 0 saturated heterocycles. The van der Waals surface area contributed by atoms with Crippen molar-refractivity contribution in [3.63, 3.8) is 0 Å². The lowest BCUT2D eigenvalue weighted by atomic mass is 10.1. The van der Waals surface area contributed by atoms with Crippen LogP contribution in [0.25, 0.3) is 11.0 Å². The molecule has 0 amide bonds. The van der Waals surface area contributed by atoms with E-state index in [2.05, 4.69) is 34.3 Å². The molecule has 31 heavy (non-hydrogen) atoms. The van der Waals surface area contributed by atoms with Gasteiger partial charge in [-0.1, -0.05) is 48.0 Å². The molecule has 0 radical (unpaired) electrons. The van der Waals surface area contributed by atoms with E-state index in [0.29, 0.717) is 29.7 Å². The first-order valence-corrected chi connectivity index (χ1v) is 10.7. The number of ether oxygens (including phenoxy) is 2. The predicted molar refractivity (Wildman–Crippen MR) is 125 cm³/mol. The summed E-state index contributed by atoms with van der Waals surface area (Å²) in [5.74, 6) is 2.18. The van der Waals surface area contributed by atoms with Crippen LogP contribution in [0.2, 0.25) is 5.02 Å². The first-order chi connectivity index (χ1) is 15.1. The molecule has 0 aliphatic carbocycles. The zero-order chi connectivity index (χ0) is 21.6. The topological polar surface area (TPSA) is 59.2 Å². The van der Waals surface area contributed by atoms with E-state index < -0.39 is 0 Å². The largest absolute Gasteiger partial charge is 0.493 e. The molecule has 0 atom stereocenters. The van der Waals surface area contributed by atoms with E-state index >= 15 is 0 Å². The number of aromatic amines is 1. The molecule has 1 aromatic heterocycles. The number of H-pyrrole nitrogens is 1. The van der Waals surface area contributed by atoms with Gasteiger partial charge in [0, 0.05) is 19.5 Å². The molecular weight excluding hydrogens is 410 g/mol. The molecule has 3 aromatic carbocycles. The second-order valence-corrected chi connectivity index (χ2v) is 7.86. The molecule has 4 aromatic rings. The van der Waals surface area contributed by atoms with Crippen LogP contribution in [-0.4, -0.2) is 23.6 Å². The van der Waals surface area contributed by atoms with Crippen molar-refractivity contribution < 1.29 is 9.47 Å². The molecule has 0 spiro atoms. The summed E-state index contributed by atoms with van der Waals surface area (Å²) in [4.78, 5) is 7.96. The number of imidazole rings is 1. The van der Waals surface area contributed by atoms with Gasteiger partial charge in [0.1, 0.15) is 12.4 Å². The van der Waals surface area contributed by atoms with Crippen molar-refractivity contribution in [1.82, 2.24) is 15.3 Å². The van der Waals surface area contributed by atoms with Gasteiger partial charge in [-0.05, 0) is 47.9 Å². The van der Waals surface area contributed by atoms with E-state index in [1.165, 1.54) is 5.56 Å². The van der Waals surface area contributed by atoms with Gasteiger partial charge < -0.3 is 19.8 Å². The minimum absolute atomic E-state index is 0.442. The van der Waals surface area contributed by atoms with Gasteiger partial charge in [-0.25, -0.2) is 4.98 Å². The van der Waals surface area contributed by atoms with Gasteiger partial charge in [-0.2, -0.15) is 0 Å². The van der Waals surface area contributed by atoms with Crippen LogP contribution in [0.1, 0.15) is 22.5 Å². The lowest BCUT2D eigenvalue weighted by Crippen LogP contribution is -2.17. The molecule has 0 aliphatic heterocycles. The number of rotatable bonds is 9. The van der Waals surface area contributed by atoms with Crippen LogP contribution in [0.4, 0.5) is 0 Å². The van der Waals surface area contributed by atoms with Crippen LogP contribution in [-0.2, 0) is 19.6 Å². The van der Waals surface area contributed by atoms with E-state index in [-0.39, 0.29) is 0 Å². The Morgan fingerprint density at radius 3 is 2.68 bits per heavy atom. The Hall–Kier alpha value is -3.02. The molecular formula is C25H26ClN3O2. The fourth-order valence-electron chi connectivity index (χ4n) is 3.50. The van der Waals surface area contributed by atoms with Crippen LogP contribution in [0.15, 0.2) is 60.7 Å². The lowest BCUT2D eigenvalue weighted by molar-refractivity contribution is 0.284. The highest BCUT2D eigenvalue weighted by Crippen LogP contribution is 2.37. The minimum Gasteiger partial charge on any atom is -0.493 e. The van der Waals surface area contributed by atoms with E-state index in [0.717, 1.165) is 41.0 Å². The van der Waals surface area contributed by atoms with Crippen molar-refractivity contribution in [1.29, 1.82) is 0 Å². The SMILES string of the molecule is COc1cc(CNCCc2nc3ccccc3[nH]2)cc(Cl)c1OCc1ccccc1C. The maximum atomic E-state index is 6.53. The summed E-state index contributed by atoms with van der Waals surface area (Å²) in [6, 6.07) is 20.1. The van der Waals surface area contributed by atoms with Crippen LogP contribution < -0.4 is 14.8 Å². The number of aromatic nitrogens is 2. The summed E-state index contributed by atoms with van der Waals surface area (Å²) in [5.41, 5.74) is 5.40. The van der Waals surface area contributed by atoms with Gasteiger partial charge in [0.25, 0.3) is 0 Å². The Labute approximate surface area is 187 Å². The standard InChI is InChI=1S/C25H26ClN3O2/c1-17-7-3-4-8-19(17)16-31-25-20(26)13-18(14-23(25)30-2)15-27-12-11-24-28-21-9-5-6-10-22(21)29-24/h3-10,13-14,27H,11-12,15-16H2,1-2H3,(H,28,29). The average Bonchev–Trinajstić information content (AvgIpc) is 3.19. The Bertz CT molecular complexity index is 1140. The Kier molecular flexibility index (Phi) is 6.75. The number of para-hydroxylation sites is 2. The molecule has 5 nitrogen and oxygen atoms in total. The zero-order valence-corrected chi connectivity index (χ0v) is 18.5. The lowest BCUT2D eigenvalue weighted by Gasteiger charge is -2.15. The fraction of sp³-hybridized carbons (Fsp3) is 0.240. The molecule has 0 fully saturated rings. The molecule has 0 saturated carbocycles. The molecule has 0 bridgehead atoms. The van der Waals surface area contributed by atoms with Crippen LogP contribution in [0.5, 0.6) is 11.5 Å². The van der Waals surface area contributed by atoms with E-state index in [1.807, 2.05) is 48.5 Å². The number of nitrogens with one attached hydrogen (secondary N) is 2. The Balaban J connectivity index is 1.35. The molecule has 0 unspecified atom stereocenters. The third-order valence-corrected chi connectivity index (χ3v) is 5.51. The van der Waals surface area contributed by atoms with Gasteiger partial charge in [0.05, 0.1) is 23.2 Å². The number of benzene rings is 3. The molecule has 0 aliphatic rings. The van der Waals surface area contributed by atoms with Crippen molar-refractivity contribution in [2.45, 2.75) is 26.5 Å². The van der Waals surface area contributed by atoms with Gasteiger partial charge in [-0.15, -0.1) is 0 Å².